The first kappa shape index (κ1) is 15.4. The number of benzene rings is 1. The molecule has 19 heavy (non-hydrogen) atoms. The van der Waals surface area contributed by atoms with Crippen molar-refractivity contribution < 1.29 is 14.6 Å². The van der Waals surface area contributed by atoms with Gasteiger partial charge in [0.1, 0.15) is 5.60 Å². The lowest BCUT2D eigenvalue weighted by Gasteiger charge is -2.20. The normalized spacial score (nSPS) is 14.1. The molecule has 0 heterocycles. The fraction of sp³-hybridized carbons (Fsp3) is 0.438. The molecule has 3 heteroatoms. The lowest BCUT2D eigenvalue weighted by Crippen LogP contribution is -2.26. The molecule has 3 nitrogen and oxygen atoms in total. The monoisotopic (exact) mass is 262 g/mol. The summed E-state index contributed by atoms with van der Waals surface area (Å²) in [6, 6.07) is 9.69. The SMILES string of the molecule is C/C(=C\c1ccccc1)C(O)CC(=O)OC(C)(C)C. The maximum Gasteiger partial charge on any atom is 0.309 e. The minimum atomic E-state index is -0.810. The molecular weight excluding hydrogens is 240 g/mol. The van der Waals surface area contributed by atoms with Crippen LogP contribution in [-0.2, 0) is 9.53 Å². The minimum absolute atomic E-state index is 0.0214. The number of hydrogen-bond donors (Lipinski definition) is 1. The van der Waals surface area contributed by atoms with Crippen molar-refractivity contribution >= 4 is 12.0 Å². The van der Waals surface area contributed by atoms with E-state index in [-0.39, 0.29) is 12.4 Å². The molecule has 0 aliphatic carbocycles. The Labute approximate surface area is 114 Å². The smallest absolute Gasteiger partial charge is 0.309 e. The van der Waals surface area contributed by atoms with Gasteiger partial charge in [-0.2, -0.15) is 0 Å². The third-order valence-electron chi connectivity index (χ3n) is 2.50. The molecule has 1 N–H and O–H groups in total. The second-order valence-electron chi connectivity index (χ2n) is 5.61. The predicted octanol–water partition coefficient (Wildman–Crippen LogP) is 3.18. The fourth-order valence-electron chi connectivity index (χ4n) is 1.61. The molecule has 0 bridgehead atoms. The molecule has 0 aliphatic heterocycles. The molecule has 0 spiro atoms. The summed E-state index contributed by atoms with van der Waals surface area (Å²) in [5.74, 6) is -0.388. The van der Waals surface area contributed by atoms with Gasteiger partial charge in [0.15, 0.2) is 0 Å². The zero-order valence-corrected chi connectivity index (χ0v) is 12.0. The molecule has 0 amide bonds. The van der Waals surface area contributed by atoms with E-state index in [9.17, 15) is 9.90 Å². The summed E-state index contributed by atoms with van der Waals surface area (Å²) < 4.78 is 5.18. The Balaban J connectivity index is 2.61. The summed E-state index contributed by atoms with van der Waals surface area (Å²) in [6.07, 6.45) is 1.04. The second-order valence-corrected chi connectivity index (χ2v) is 5.61. The average molecular weight is 262 g/mol. The molecule has 1 rings (SSSR count). The van der Waals surface area contributed by atoms with Crippen LogP contribution in [0.4, 0.5) is 0 Å². The number of rotatable bonds is 4. The van der Waals surface area contributed by atoms with Crippen LogP contribution in [0.2, 0.25) is 0 Å². The van der Waals surface area contributed by atoms with Gasteiger partial charge >= 0.3 is 5.97 Å². The quantitative estimate of drug-likeness (QED) is 0.848. The summed E-state index contributed by atoms with van der Waals surface area (Å²) in [5.41, 5.74) is 1.23. The Morgan fingerprint density at radius 3 is 2.42 bits per heavy atom. The molecule has 0 radical (unpaired) electrons. The Morgan fingerprint density at radius 1 is 1.32 bits per heavy atom. The summed E-state index contributed by atoms with van der Waals surface area (Å²) in [4.78, 5) is 11.6. The van der Waals surface area contributed by atoms with Crippen LogP contribution >= 0.6 is 0 Å². The van der Waals surface area contributed by atoms with Crippen molar-refractivity contribution in [1.82, 2.24) is 0 Å². The van der Waals surface area contributed by atoms with E-state index in [4.69, 9.17) is 4.74 Å². The van der Waals surface area contributed by atoms with Gasteiger partial charge in [0.05, 0.1) is 12.5 Å². The van der Waals surface area contributed by atoms with Crippen LogP contribution in [0.15, 0.2) is 35.9 Å². The van der Waals surface area contributed by atoms with Gasteiger partial charge in [-0.15, -0.1) is 0 Å². The highest BCUT2D eigenvalue weighted by atomic mass is 16.6. The van der Waals surface area contributed by atoms with Crippen molar-refractivity contribution in [2.75, 3.05) is 0 Å². The van der Waals surface area contributed by atoms with E-state index >= 15 is 0 Å². The van der Waals surface area contributed by atoms with Crippen molar-refractivity contribution in [2.24, 2.45) is 0 Å². The molecule has 1 aromatic carbocycles. The van der Waals surface area contributed by atoms with E-state index in [1.165, 1.54) is 0 Å². The Hall–Kier alpha value is -1.61. The highest BCUT2D eigenvalue weighted by Gasteiger charge is 2.19. The second kappa shape index (κ2) is 6.53. The molecule has 1 aromatic rings. The third-order valence-corrected chi connectivity index (χ3v) is 2.50. The number of aliphatic hydroxyl groups excluding tert-OH is 1. The van der Waals surface area contributed by atoms with Crippen LogP contribution in [0, 0.1) is 0 Å². The van der Waals surface area contributed by atoms with Crippen molar-refractivity contribution in [1.29, 1.82) is 0 Å². The van der Waals surface area contributed by atoms with E-state index < -0.39 is 11.7 Å². The number of ether oxygens (including phenoxy) is 1. The van der Waals surface area contributed by atoms with Crippen LogP contribution in [-0.4, -0.2) is 22.8 Å². The van der Waals surface area contributed by atoms with Crippen molar-refractivity contribution in [3.63, 3.8) is 0 Å². The van der Waals surface area contributed by atoms with Gasteiger partial charge in [0.2, 0.25) is 0 Å². The van der Waals surface area contributed by atoms with E-state index in [0.717, 1.165) is 11.1 Å². The largest absolute Gasteiger partial charge is 0.460 e. The van der Waals surface area contributed by atoms with Gasteiger partial charge in [-0.3, -0.25) is 4.79 Å². The summed E-state index contributed by atoms with van der Waals surface area (Å²) in [5, 5.41) is 9.98. The maximum absolute atomic E-state index is 11.6. The van der Waals surface area contributed by atoms with Gasteiger partial charge in [-0.25, -0.2) is 0 Å². The number of carbonyl (C=O) groups excluding carboxylic acids is 1. The molecule has 0 saturated heterocycles. The molecule has 0 aromatic heterocycles. The molecule has 0 saturated carbocycles. The minimum Gasteiger partial charge on any atom is -0.460 e. The molecule has 0 aliphatic rings. The third kappa shape index (κ3) is 6.20. The highest BCUT2D eigenvalue weighted by Crippen LogP contribution is 2.15. The Bertz CT molecular complexity index is 441. The lowest BCUT2D eigenvalue weighted by atomic mass is 10.0. The predicted molar refractivity (Wildman–Crippen MR) is 76.6 cm³/mol. The van der Waals surface area contributed by atoms with E-state index in [2.05, 4.69) is 0 Å². The molecule has 0 fully saturated rings. The summed E-state index contributed by atoms with van der Waals surface area (Å²) in [6.45, 7) is 7.24. The van der Waals surface area contributed by atoms with Gasteiger partial charge in [-0.05, 0) is 38.8 Å². The fourth-order valence-corrected chi connectivity index (χ4v) is 1.61. The van der Waals surface area contributed by atoms with E-state index in [1.807, 2.05) is 64.1 Å². The lowest BCUT2D eigenvalue weighted by molar-refractivity contribution is -0.156. The van der Waals surface area contributed by atoms with Gasteiger partial charge in [-0.1, -0.05) is 36.4 Å². The zero-order valence-electron chi connectivity index (χ0n) is 12.0. The van der Waals surface area contributed by atoms with Crippen LogP contribution in [0.3, 0.4) is 0 Å². The van der Waals surface area contributed by atoms with Gasteiger partial charge in [0, 0.05) is 0 Å². The molecule has 1 unspecified atom stereocenters. The summed E-state index contributed by atoms with van der Waals surface area (Å²) >= 11 is 0. The first-order chi connectivity index (χ1) is 8.78. The van der Waals surface area contributed by atoms with E-state index in [0.29, 0.717) is 0 Å². The first-order valence-corrected chi connectivity index (χ1v) is 6.41. The van der Waals surface area contributed by atoms with E-state index in [1.54, 1.807) is 0 Å². The Morgan fingerprint density at radius 2 is 1.89 bits per heavy atom. The van der Waals surface area contributed by atoms with Crippen LogP contribution in [0.25, 0.3) is 6.08 Å². The van der Waals surface area contributed by atoms with Crippen LogP contribution in [0.5, 0.6) is 0 Å². The maximum atomic E-state index is 11.6. The van der Waals surface area contributed by atoms with Gasteiger partial charge in [0.25, 0.3) is 0 Å². The standard InChI is InChI=1S/C16H22O3/c1-12(10-13-8-6-5-7-9-13)14(17)11-15(18)19-16(2,3)4/h5-10,14,17H,11H2,1-4H3/b12-10+. The number of esters is 1. The molecular formula is C16H22O3. The molecule has 1 atom stereocenters. The number of carbonyl (C=O) groups is 1. The summed E-state index contributed by atoms with van der Waals surface area (Å²) in [7, 11) is 0. The average Bonchev–Trinajstić information content (AvgIpc) is 2.27. The number of aliphatic hydroxyl groups is 1. The topological polar surface area (TPSA) is 46.5 Å². The highest BCUT2D eigenvalue weighted by molar-refractivity contribution is 5.71. The zero-order chi connectivity index (χ0) is 14.5. The van der Waals surface area contributed by atoms with Gasteiger partial charge < -0.3 is 9.84 Å². The van der Waals surface area contributed by atoms with Crippen molar-refractivity contribution in [3.8, 4) is 0 Å². The number of hydrogen-bond acceptors (Lipinski definition) is 3. The van der Waals surface area contributed by atoms with Crippen LogP contribution < -0.4 is 0 Å². The molecule has 104 valence electrons. The first-order valence-electron chi connectivity index (χ1n) is 6.41. The van der Waals surface area contributed by atoms with Crippen molar-refractivity contribution in [3.05, 3.63) is 41.5 Å². The Kier molecular flexibility index (Phi) is 5.31. The van der Waals surface area contributed by atoms with Crippen LogP contribution in [0.1, 0.15) is 39.7 Å². The van der Waals surface area contributed by atoms with Crippen molar-refractivity contribution in [2.45, 2.75) is 45.8 Å².